The summed E-state index contributed by atoms with van der Waals surface area (Å²) in [6.45, 7) is 4.18. The van der Waals surface area contributed by atoms with Crippen LogP contribution in [-0.2, 0) is 14.8 Å². The van der Waals surface area contributed by atoms with Gasteiger partial charge < -0.3 is 16.0 Å². The summed E-state index contributed by atoms with van der Waals surface area (Å²) < 4.78 is 24.1. The lowest BCUT2D eigenvalue weighted by Crippen LogP contribution is -2.32. The standard InChI is InChI=1S/C15H24N4O4S/c1-11(2)14(20)18-12-6-4-7-13(10-12)19-15(21)16-8-5-9-17-24(3,22)23/h4,6-7,10-11,17H,5,8-9H2,1-3H3,(H,18,20)(H2,16,19,21). The third-order valence-electron chi connectivity index (χ3n) is 2.92. The van der Waals surface area contributed by atoms with Gasteiger partial charge in [0.1, 0.15) is 0 Å². The van der Waals surface area contributed by atoms with Gasteiger partial charge in [-0.1, -0.05) is 19.9 Å². The van der Waals surface area contributed by atoms with Crippen LogP contribution < -0.4 is 20.7 Å². The Morgan fingerprint density at radius 2 is 1.71 bits per heavy atom. The van der Waals surface area contributed by atoms with Gasteiger partial charge >= 0.3 is 6.03 Å². The monoisotopic (exact) mass is 356 g/mol. The predicted molar refractivity (Wildman–Crippen MR) is 94.4 cm³/mol. The minimum Gasteiger partial charge on any atom is -0.338 e. The number of nitrogens with one attached hydrogen (secondary N) is 4. The topological polar surface area (TPSA) is 116 Å². The molecule has 0 bridgehead atoms. The van der Waals surface area contributed by atoms with Gasteiger partial charge in [-0.15, -0.1) is 0 Å². The number of sulfonamides is 1. The molecule has 1 aromatic rings. The van der Waals surface area contributed by atoms with E-state index in [1.807, 2.05) is 0 Å². The smallest absolute Gasteiger partial charge is 0.319 e. The second kappa shape index (κ2) is 9.24. The molecule has 1 rings (SSSR count). The molecule has 0 aliphatic carbocycles. The Kier molecular flexibility index (Phi) is 7.66. The zero-order valence-electron chi connectivity index (χ0n) is 14.0. The maximum atomic E-state index is 11.8. The molecule has 0 spiro atoms. The Morgan fingerprint density at radius 1 is 1.08 bits per heavy atom. The lowest BCUT2D eigenvalue weighted by atomic mass is 10.2. The highest BCUT2D eigenvalue weighted by Gasteiger charge is 2.08. The molecule has 9 heteroatoms. The molecule has 0 saturated heterocycles. The summed E-state index contributed by atoms with van der Waals surface area (Å²) in [5.74, 6) is -0.236. The normalized spacial score (nSPS) is 11.2. The summed E-state index contributed by atoms with van der Waals surface area (Å²) in [4.78, 5) is 23.4. The average Bonchev–Trinajstić information content (AvgIpc) is 2.45. The molecule has 0 aliphatic heterocycles. The van der Waals surface area contributed by atoms with Crippen LogP contribution in [0.5, 0.6) is 0 Å². The number of amides is 3. The number of benzene rings is 1. The van der Waals surface area contributed by atoms with Crippen LogP contribution in [0.1, 0.15) is 20.3 Å². The Bertz CT molecular complexity index is 674. The maximum absolute atomic E-state index is 11.8. The van der Waals surface area contributed by atoms with Crippen molar-refractivity contribution in [2.45, 2.75) is 20.3 Å². The molecule has 0 atom stereocenters. The van der Waals surface area contributed by atoms with Crippen molar-refractivity contribution in [3.05, 3.63) is 24.3 Å². The van der Waals surface area contributed by atoms with E-state index < -0.39 is 16.1 Å². The molecule has 0 aliphatic rings. The van der Waals surface area contributed by atoms with Crippen molar-refractivity contribution in [2.24, 2.45) is 5.92 Å². The Balaban J connectivity index is 2.40. The van der Waals surface area contributed by atoms with E-state index in [-0.39, 0.29) is 18.4 Å². The van der Waals surface area contributed by atoms with E-state index in [4.69, 9.17) is 0 Å². The second-order valence-corrected chi connectivity index (χ2v) is 7.46. The Hall–Kier alpha value is -2.13. The minimum atomic E-state index is -3.21. The molecule has 134 valence electrons. The molecule has 4 N–H and O–H groups in total. The fourth-order valence-corrected chi connectivity index (χ4v) is 2.20. The lowest BCUT2D eigenvalue weighted by Gasteiger charge is -2.11. The van der Waals surface area contributed by atoms with E-state index in [2.05, 4.69) is 20.7 Å². The molecule has 0 heterocycles. The van der Waals surface area contributed by atoms with Crippen LogP contribution in [-0.4, -0.2) is 39.7 Å². The molecule has 0 radical (unpaired) electrons. The summed E-state index contributed by atoms with van der Waals surface area (Å²) >= 11 is 0. The van der Waals surface area contributed by atoms with E-state index in [1.54, 1.807) is 38.1 Å². The lowest BCUT2D eigenvalue weighted by molar-refractivity contribution is -0.118. The first kappa shape index (κ1) is 19.9. The maximum Gasteiger partial charge on any atom is 0.319 e. The highest BCUT2D eigenvalue weighted by molar-refractivity contribution is 7.88. The van der Waals surface area contributed by atoms with Gasteiger partial charge in [-0.2, -0.15) is 0 Å². The van der Waals surface area contributed by atoms with E-state index in [1.165, 1.54) is 0 Å². The van der Waals surface area contributed by atoms with Crippen LogP contribution in [0.3, 0.4) is 0 Å². The molecular weight excluding hydrogens is 332 g/mol. The van der Waals surface area contributed by atoms with Crippen LogP contribution in [0.2, 0.25) is 0 Å². The van der Waals surface area contributed by atoms with E-state index in [0.717, 1.165) is 6.26 Å². The molecule has 0 saturated carbocycles. The van der Waals surface area contributed by atoms with Crippen molar-refractivity contribution >= 4 is 33.3 Å². The van der Waals surface area contributed by atoms with Crippen LogP contribution in [0, 0.1) is 5.92 Å². The van der Waals surface area contributed by atoms with E-state index >= 15 is 0 Å². The van der Waals surface area contributed by atoms with Crippen molar-refractivity contribution in [3.63, 3.8) is 0 Å². The Labute approximate surface area is 142 Å². The van der Waals surface area contributed by atoms with Crippen molar-refractivity contribution in [3.8, 4) is 0 Å². The molecule has 8 nitrogen and oxygen atoms in total. The minimum absolute atomic E-state index is 0.102. The fourth-order valence-electron chi connectivity index (χ4n) is 1.68. The number of hydrogen-bond donors (Lipinski definition) is 4. The van der Waals surface area contributed by atoms with Crippen LogP contribution in [0.15, 0.2) is 24.3 Å². The molecule has 3 amide bonds. The highest BCUT2D eigenvalue weighted by atomic mass is 32.2. The summed E-state index contributed by atoms with van der Waals surface area (Å²) in [5, 5.41) is 8.03. The first-order valence-corrected chi connectivity index (χ1v) is 9.47. The number of rotatable bonds is 8. The first-order chi connectivity index (χ1) is 11.2. The average molecular weight is 356 g/mol. The summed E-state index contributed by atoms with van der Waals surface area (Å²) in [7, 11) is -3.21. The molecule has 24 heavy (non-hydrogen) atoms. The fraction of sp³-hybridized carbons (Fsp3) is 0.467. The summed E-state index contributed by atoms with van der Waals surface area (Å²) in [6.07, 6.45) is 1.56. The molecular formula is C15H24N4O4S. The van der Waals surface area contributed by atoms with Gasteiger partial charge in [0.05, 0.1) is 6.26 Å². The van der Waals surface area contributed by atoms with Crippen LogP contribution in [0.25, 0.3) is 0 Å². The number of carbonyl (C=O) groups is 2. The number of carbonyl (C=O) groups excluding carboxylic acids is 2. The van der Waals surface area contributed by atoms with E-state index in [9.17, 15) is 18.0 Å². The SMILES string of the molecule is CC(C)C(=O)Nc1cccc(NC(=O)NCCCNS(C)(=O)=O)c1. The number of urea groups is 1. The first-order valence-electron chi connectivity index (χ1n) is 7.58. The van der Waals surface area contributed by atoms with Gasteiger partial charge in [0.25, 0.3) is 0 Å². The highest BCUT2D eigenvalue weighted by Crippen LogP contribution is 2.15. The van der Waals surface area contributed by atoms with Gasteiger partial charge in [0, 0.05) is 30.4 Å². The van der Waals surface area contributed by atoms with Gasteiger partial charge in [-0.05, 0) is 24.6 Å². The molecule has 0 unspecified atom stereocenters. The molecule has 1 aromatic carbocycles. The van der Waals surface area contributed by atoms with Crippen LogP contribution in [0.4, 0.5) is 16.2 Å². The van der Waals surface area contributed by atoms with Gasteiger partial charge in [-0.3, -0.25) is 4.79 Å². The zero-order valence-corrected chi connectivity index (χ0v) is 14.9. The summed E-state index contributed by atoms with van der Waals surface area (Å²) in [6, 6.07) is 6.42. The largest absolute Gasteiger partial charge is 0.338 e. The quantitative estimate of drug-likeness (QED) is 0.526. The number of hydrogen-bond acceptors (Lipinski definition) is 4. The van der Waals surface area contributed by atoms with Crippen molar-refractivity contribution in [1.82, 2.24) is 10.0 Å². The van der Waals surface area contributed by atoms with Crippen LogP contribution >= 0.6 is 0 Å². The van der Waals surface area contributed by atoms with Crippen molar-refractivity contribution < 1.29 is 18.0 Å². The molecule has 0 aromatic heterocycles. The van der Waals surface area contributed by atoms with Crippen molar-refractivity contribution in [2.75, 3.05) is 30.0 Å². The number of anilines is 2. The molecule has 0 fully saturated rings. The van der Waals surface area contributed by atoms with Gasteiger partial charge in [-0.25, -0.2) is 17.9 Å². The predicted octanol–water partition coefficient (Wildman–Crippen LogP) is 1.34. The zero-order chi connectivity index (χ0) is 18.2. The third-order valence-corrected chi connectivity index (χ3v) is 3.64. The van der Waals surface area contributed by atoms with Gasteiger partial charge in [0.15, 0.2) is 0 Å². The third kappa shape index (κ3) is 8.49. The van der Waals surface area contributed by atoms with Gasteiger partial charge in [0.2, 0.25) is 15.9 Å². The van der Waals surface area contributed by atoms with Crippen molar-refractivity contribution in [1.29, 1.82) is 0 Å². The summed E-state index contributed by atoms with van der Waals surface area (Å²) in [5.41, 5.74) is 1.15. The Morgan fingerprint density at radius 3 is 2.29 bits per heavy atom. The van der Waals surface area contributed by atoms with E-state index in [0.29, 0.717) is 24.3 Å². The second-order valence-electron chi connectivity index (χ2n) is 5.63.